The minimum Gasteiger partial charge on any atom is -0.457 e. The molecule has 1 aliphatic heterocycles. The monoisotopic (exact) mass is 570 g/mol. The van der Waals surface area contributed by atoms with Gasteiger partial charge in [0.25, 0.3) is 0 Å². The number of fused-ring (bicyclic) bond motifs is 3. The topological polar surface area (TPSA) is 35.0 Å². The molecule has 0 unspecified atom stereocenters. The molecule has 0 aliphatic carbocycles. The van der Waals surface area contributed by atoms with Crippen LogP contribution in [0.4, 0.5) is 0 Å². The quantitative estimate of drug-likeness (QED) is 0.206. The Morgan fingerprint density at radius 2 is 1.26 bits per heavy atom. The molecule has 5 aromatic carbocycles. The number of nitrogens with zero attached hydrogens (tertiary/aromatic N) is 2. The fourth-order valence-corrected chi connectivity index (χ4v) is 7.38. The summed E-state index contributed by atoms with van der Waals surface area (Å²) in [5, 5.41) is 1.13. The first-order valence-corrected chi connectivity index (χ1v) is 15.1. The summed E-state index contributed by atoms with van der Waals surface area (Å²) in [6, 6.07) is 52.5. The van der Waals surface area contributed by atoms with E-state index in [0.29, 0.717) is 0 Å². The predicted octanol–water partition coefficient (Wildman–Crippen LogP) is 9.94. The summed E-state index contributed by atoms with van der Waals surface area (Å²) in [4.78, 5) is 12.3. The van der Waals surface area contributed by atoms with Gasteiger partial charge in [-0.05, 0) is 77.4 Å². The lowest BCUT2D eigenvalue weighted by molar-refractivity contribution is 0.481. The van der Waals surface area contributed by atoms with E-state index in [-0.39, 0.29) is 0 Å². The highest BCUT2D eigenvalue weighted by Crippen LogP contribution is 2.55. The summed E-state index contributed by atoms with van der Waals surface area (Å²) in [6.45, 7) is 0. The second kappa shape index (κ2) is 10.6. The van der Waals surface area contributed by atoms with Gasteiger partial charge >= 0.3 is 0 Å². The van der Waals surface area contributed by atoms with Gasteiger partial charge in [0, 0.05) is 26.9 Å². The van der Waals surface area contributed by atoms with Crippen LogP contribution in [0, 0.1) is 0 Å². The molecule has 0 saturated heterocycles. The minimum atomic E-state index is -0.601. The van der Waals surface area contributed by atoms with E-state index < -0.39 is 5.41 Å². The van der Waals surface area contributed by atoms with Crippen LogP contribution in [-0.2, 0) is 5.41 Å². The highest BCUT2D eigenvalue weighted by atomic mass is 32.2. The molecule has 0 saturated carbocycles. The number of benzene rings is 5. The van der Waals surface area contributed by atoms with Crippen molar-refractivity contribution in [2.24, 2.45) is 0 Å². The molecule has 204 valence electrons. The zero-order chi connectivity index (χ0) is 28.6. The molecule has 0 bridgehead atoms. The van der Waals surface area contributed by atoms with E-state index in [1.807, 2.05) is 60.4 Å². The number of rotatable bonds is 5. The molecule has 2 aromatic heterocycles. The SMILES string of the molecule is c1ccc(C2(c3cccc(Oc4cccc(-c5ccc6ccccc6n5)c4)c3)c3ccccc3Sc3ccccc32)nc1. The van der Waals surface area contributed by atoms with Crippen molar-refractivity contribution in [3.8, 4) is 22.8 Å². The lowest BCUT2D eigenvalue weighted by Crippen LogP contribution is -2.34. The summed E-state index contributed by atoms with van der Waals surface area (Å²) in [7, 11) is 0. The van der Waals surface area contributed by atoms with Crippen molar-refractivity contribution in [3.63, 3.8) is 0 Å². The Bertz CT molecular complexity index is 2060. The summed E-state index contributed by atoms with van der Waals surface area (Å²) in [5.41, 5.74) is 6.84. The van der Waals surface area contributed by atoms with E-state index in [9.17, 15) is 0 Å². The van der Waals surface area contributed by atoms with Gasteiger partial charge in [0.05, 0.1) is 22.3 Å². The number of pyridine rings is 2. The Morgan fingerprint density at radius 1 is 0.558 bits per heavy atom. The van der Waals surface area contributed by atoms with Crippen molar-refractivity contribution in [1.29, 1.82) is 0 Å². The van der Waals surface area contributed by atoms with Crippen LogP contribution >= 0.6 is 11.8 Å². The maximum Gasteiger partial charge on any atom is 0.128 e. The number of aromatic nitrogens is 2. The lowest BCUT2D eigenvalue weighted by atomic mass is 9.66. The van der Waals surface area contributed by atoms with Gasteiger partial charge in [0.1, 0.15) is 11.5 Å². The van der Waals surface area contributed by atoms with Gasteiger partial charge < -0.3 is 4.74 Å². The summed E-state index contributed by atoms with van der Waals surface area (Å²) >= 11 is 1.82. The maximum absolute atomic E-state index is 6.56. The molecule has 0 amide bonds. The third-order valence-corrected chi connectivity index (χ3v) is 9.23. The third-order valence-electron chi connectivity index (χ3n) is 8.08. The van der Waals surface area contributed by atoms with Crippen LogP contribution in [0.5, 0.6) is 11.5 Å². The first-order valence-electron chi connectivity index (χ1n) is 14.3. The molecule has 4 heteroatoms. The van der Waals surface area contributed by atoms with Crippen LogP contribution in [0.25, 0.3) is 22.2 Å². The number of hydrogen-bond donors (Lipinski definition) is 0. The zero-order valence-electron chi connectivity index (χ0n) is 23.2. The molecule has 43 heavy (non-hydrogen) atoms. The fraction of sp³-hybridized carbons (Fsp3) is 0.0256. The molecule has 8 rings (SSSR count). The molecule has 0 spiro atoms. The van der Waals surface area contributed by atoms with Crippen molar-refractivity contribution in [1.82, 2.24) is 9.97 Å². The van der Waals surface area contributed by atoms with Crippen LogP contribution in [0.1, 0.15) is 22.4 Å². The van der Waals surface area contributed by atoms with Gasteiger partial charge in [-0.25, -0.2) is 4.98 Å². The second-order valence-corrected chi connectivity index (χ2v) is 11.7. The summed E-state index contributed by atoms with van der Waals surface area (Å²) in [5.74, 6) is 1.53. The van der Waals surface area contributed by atoms with Crippen molar-refractivity contribution in [3.05, 3.63) is 180 Å². The lowest BCUT2D eigenvalue weighted by Gasteiger charge is -2.40. The van der Waals surface area contributed by atoms with Gasteiger partial charge in [-0.3, -0.25) is 4.98 Å². The smallest absolute Gasteiger partial charge is 0.128 e. The van der Waals surface area contributed by atoms with E-state index in [2.05, 4.69) is 109 Å². The van der Waals surface area contributed by atoms with Gasteiger partial charge in [-0.2, -0.15) is 0 Å². The summed E-state index contributed by atoms with van der Waals surface area (Å²) in [6.07, 6.45) is 1.89. The molecule has 3 heterocycles. The van der Waals surface area contributed by atoms with Gasteiger partial charge in [0.15, 0.2) is 0 Å². The van der Waals surface area contributed by atoms with E-state index in [1.165, 1.54) is 20.9 Å². The molecule has 1 aliphatic rings. The number of hydrogen-bond acceptors (Lipinski definition) is 4. The fourth-order valence-electron chi connectivity index (χ4n) is 6.19. The van der Waals surface area contributed by atoms with Gasteiger partial charge in [-0.1, -0.05) is 103 Å². The zero-order valence-corrected chi connectivity index (χ0v) is 24.0. The Labute approximate surface area is 254 Å². The second-order valence-electron chi connectivity index (χ2n) is 10.6. The Morgan fingerprint density at radius 3 is 2.05 bits per heavy atom. The maximum atomic E-state index is 6.56. The van der Waals surface area contributed by atoms with Gasteiger partial charge in [0.2, 0.25) is 0 Å². The summed E-state index contributed by atoms with van der Waals surface area (Å²) < 4.78 is 6.56. The third kappa shape index (κ3) is 4.39. The molecule has 0 fully saturated rings. The van der Waals surface area contributed by atoms with E-state index in [1.54, 1.807) is 0 Å². The van der Waals surface area contributed by atoms with Gasteiger partial charge in [-0.15, -0.1) is 0 Å². The Balaban J connectivity index is 1.24. The van der Waals surface area contributed by atoms with E-state index >= 15 is 0 Å². The Kier molecular flexibility index (Phi) is 6.27. The minimum absolute atomic E-state index is 0.601. The van der Waals surface area contributed by atoms with Crippen molar-refractivity contribution >= 4 is 22.7 Å². The normalized spacial score (nSPS) is 13.2. The molecular formula is C39H26N2OS. The molecule has 0 atom stereocenters. The van der Waals surface area contributed by atoms with Crippen LogP contribution < -0.4 is 4.74 Å². The average molecular weight is 571 g/mol. The average Bonchev–Trinajstić information content (AvgIpc) is 3.07. The van der Waals surface area contributed by atoms with Crippen LogP contribution in [0.15, 0.2) is 168 Å². The van der Waals surface area contributed by atoms with E-state index in [0.717, 1.165) is 44.9 Å². The Hall–Kier alpha value is -5.19. The van der Waals surface area contributed by atoms with Crippen molar-refractivity contribution < 1.29 is 4.74 Å². The first-order chi connectivity index (χ1) is 21.3. The molecule has 0 radical (unpaired) electrons. The van der Waals surface area contributed by atoms with Crippen LogP contribution in [0.2, 0.25) is 0 Å². The molecule has 3 nitrogen and oxygen atoms in total. The first kappa shape index (κ1) is 25.5. The predicted molar refractivity (Wildman–Crippen MR) is 174 cm³/mol. The van der Waals surface area contributed by atoms with Crippen LogP contribution in [0.3, 0.4) is 0 Å². The highest BCUT2D eigenvalue weighted by Gasteiger charge is 2.45. The van der Waals surface area contributed by atoms with Crippen molar-refractivity contribution in [2.45, 2.75) is 15.2 Å². The molecule has 7 aromatic rings. The largest absolute Gasteiger partial charge is 0.457 e. The van der Waals surface area contributed by atoms with Crippen LogP contribution in [-0.4, -0.2) is 9.97 Å². The number of ether oxygens (including phenoxy) is 1. The standard InChI is InChI=1S/C39H26N2OS/c1-4-18-34-27(11-1)22-23-35(41-34)28-12-9-14-30(25-28)42-31-15-10-13-29(26-31)39(38-21-7-8-24-40-38)32-16-2-5-19-36(32)43-37-20-6-3-17-33(37)39/h1-26H. The number of para-hydroxylation sites is 1. The highest BCUT2D eigenvalue weighted by molar-refractivity contribution is 7.99. The van der Waals surface area contributed by atoms with Crippen molar-refractivity contribution in [2.75, 3.05) is 0 Å². The molecular weight excluding hydrogens is 545 g/mol. The van der Waals surface area contributed by atoms with E-state index in [4.69, 9.17) is 14.7 Å². The molecule has 0 N–H and O–H groups in total.